The van der Waals surface area contributed by atoms with Gasteiger partial charge in [0.15, 0.2) is 0 Å². The van der Waals surface area contributed by atoms with Gasteiger partial charge in [0, 0.05) is 12.4 Å². The van der Waals surface area contributed by atoms with Crippen LogP contribution in [0.25, 0.3) is 0 Å². The lowest BCUT2D eigenvalue weighted by Gasteiger charge is -2.13. The van der Waals surface area contributed by atoms with Crippen LogP contribution in [0.3, 0.4) is 0 Å². The minimum Gasteiger partial charge on any atom is -0.347 e. The zero-order valence-corrected chi connectivity index (χ0v) is 7.80. The van der Waals surface area contributed by atoms with Crippen LogP contribution in [0, 0.1) is 0 Å². The molecule has 1 heterocycles. The molecule has 1 aromatic rings. The third-order valence-electron chi connectivity index (χ3n) is 1.88. The van der Waals surface area contributed by atoms with Crippen LogP contribution in [0.15, 0.2) is 12.4 Å². The topological polar surface area (TPSA) is 40.7 Å². The fourth-order valence-corrected chi connectivity index (χ4v) is 1.34. The SMILES string of the molecule is CCCC(NCC)c1ncc[nH]1. The first-order valence-electron chi connectivity index (χ1n) is 4.61. The predicted molar refractivity (Wildman–Crippen MR) is 49.9 cm³/mol. The molecule has 3 nitrogen and oxygen atoms in total. The normalized spacial score (nSPS) is 13.2. The molecule has 0 fully saturated rings. The van der Waals surface area contributed by atoms with Gasteiger partial charge in [-0.2, -0.15) is 0 Å². The molecule has 0 saturated heterocycles. The number of imidazole rings is 1. The Morgan fingerprint density at radius 3 is 2.92 bits per heavy atom. The van der Waals surface area contributed by atoms with E-state index in [0.29, 0.717) is 6.04 Å². The lowest BCUT2D eigenvalue weighted by Crippen LogP contribution is -2.21. The summed E-state index contributed by atoms with van der Waals surface area (Å²) in [5.74, 6) is 1.05. The molecule has 1 rings (SSSR count). The van der Waals surface area contributed by atoms with E-state index >= 15 is 0 Å². The molecule has 12 heavy (non-hydrogen) atoms. The molecule has 0 aliphatic heterocycles. The number of rotatable bonds is 5. The van der Waals surface area contributed by atoms with Gasteiger partial charge in [-0.25, -0.2) is 4.98 Å². The number of H-pyrrole nitrogens is 1. The molecule has 68 valence electrons. The highest BCUT2D eigenvalue weighted by Gasteiger charge is 2.09. The van der Waals surface area contributed by atoms with Gasteiger partial charge in [0.2, 0.25) is 0 Å². The summed E-state index contributed by atoms with van der Waals surface area (Å²) in [7, 11) is 0. The average Bonchev–Trinajstić information content (AvgIpc) is 2.56. The molecule has 1 atom stereocenters. The summed E-state index contributed by atoms with van der Waals surface area (Å²) in [5, 5.41) is 3.39. The van der Waals surface area contributed by atoms with Crippen LogP contribution in [0.1, 0.15) is 38.6 Å². The molecular weight excluding hydrogens is 150 g/mol. The number of hydrogen-bond acceptors (Lipinski definition) is 2. The minimum atomic E-state index is 0.398. The van der Waals surface area contributed by atoms with Crippen LogP contribution in [-0.4, -0.2) is 16.5 Å². The van der Waals surface area contributed by atoms with Crippen molar-refractivity contribution < 1.29 is 0 Å². The van der Waals surface area contributed by atoms with Crippen LogP contribution in [-0.2, 0) is 0 Å². The highest BCUT2D eigenvalue weighted by molar-refractivity contribution is 4.95. The maximum Gasteiger partial charge on any atom is 0.123 e. The van der Waals surface area contributed by atoms with E-state index in [4.69, 9.17) is 0 Å². The van der Waals surface area contributed by atoms with Crippen LogP contribution in [0.4, 0.5) is 0 Å². The van der Waals surface area contributed by atoms with E-state index in [2.05, 4.69) is 29.1 Å². The molecule has 0 radical (unpaired) electrons. The fraction of sp³-hybridized carbons (Fsp3) is 0.667. The molecule has 1 aromatic heterocycles. The Balaban J connectivity index is 2.53. The number of aromatic amines is 1. The van der Waals surface area contributed by atoms with Crippen molar-refractivity contribution in [3.05, 3.63) is 18.2 Å². The van der Waals surface area contributed by atoms with Crippen molar-refractivity contribution in [3.8, 4) is 0 Å². The molecule has 2 N–H and O–H groups in total. The second-order valence-corrected chi connectivity index (χ2v) is 2.87. The zero-order valence-electron chi connectivity index (χ0n) is 7.80. The summed E-state index contributed by atoms with van der Waals surface area (Å²) in [6.07, 6.45) is 5.99. The third kappa shape index (κ3) is 2.34. The molecule has 0 amide bonds. The second kappa shape index (κ2) is 4.93. The molecular formula is C9H17N3. The Morgan fingerprint density at radius 2 is 2.42 bits per heavy atom. The van der Waals surface area contributed by atoms with E-state index in [1.165, 1.54) is 6.42 Å². The van der Waals surface area contributed by atoms with Gasteiger partial charge >= 0.3 is 0 Å². The Labute approximate surface area is 73.6 Å². The fourth-order valence-electron chi connectivity index (χ4n) is 1.34. The summed E-state index contributed by atoms with van der Waals surface area (Å²) in [6, 6.07) is 0.398. The zero-order chi connectivity index (χ0) is 8.81. The minimum absolute atomic E-state index is 0.398. The smallest absolute Gasteiger partial charge is 0.123 e. The van der Waals surface area contributed by atoms with Crippen molar-refractivity contribution >= 4 is 0 Å². The molecule has 0 aliphatic carbocycles. The summed E-state index contributed by atoms with van der Waals surface area (Å²) in [6.45, 7) is 5.30. The summed E-state index contributed by atoms with van der Waals surface area (Å²) < 4.78 is 0. The van der Waals surface area contributed by atoms with E-state index in [1.54, 1.807) is 6.20 Å². The Bertz CT molecular complexity index is 188. The van der Waals surface area contributed by atoms with Crippen molar-refractivity contribution in [2.24, 2.45) is 0 Å². The van der Waals surface area contributed by atoms with Gasteiger partial charge in [0.1, 0.15) is 5.82 Å². The summed E-state index contributed by atoms with van der Waals surface area (Å²) >= 11 is 0. The van der Waals surface area contributed by atoms with Gasteiger partial charge in [0.25, 0.3) is 0 Å². The first-order chi connectivity index (χ1) is 5.88. The van der Waals surface area contributed by atoms with Crippen molar-refractivity contribution in [2.45, 2.75) is 32.7 Å². The van der Waals surface area contributed by atoms with E-state index in [9.17, 15) is 0 Å². The average molecular weight is 167 g/mol. The maximum atomic E-state index is 4.24. The molecule has 0 saturated carbocycles. The summed E-state index contributed by atoms with van der Waals surface area (Å²) in [5.41, 5.74) is 0. The maximum absolute atomic E-state index is 4.24. The molecule has 0 aliphatic rings. The van der Waals surface area contributed by atoms with E-state index in [-0.39, 0.29) is 0 Å². The van der Waals surface area contributed by atoms with Crippen LogP contribution < -0.4 is 5.32 Å². The first kappa shape index (κ1) is 9.26. The monoisotopic (exact) mass is 167 g/mol. The van der Waals surface area contributed by atoms with Crippen LogP contribution >= 0.6 is 0 Å². The number of nitrogens with zero attached hydrogens (tertiary/aromatic N) is 1. The Kier molecular flexibility index (Phi) is 3.80. The number of hydrogen-bond donors (Lipinski definition) is 2. The largest absolute Gasteiger partial charge is 0.347 e. The Morgan fingerprint density at radius 1 is 1.58 bits per heavy atom. The molecule has 1 unspecified atom stereocenters. The highest BCUT2D eigenvalue weighted by atomic mass is 15.0. The van der Waals surface area contributed by atoms with Gasteiger partial charge in [-0.1, -0.05) is 20.3 Å². The van der Waals surface area contributed by atoms with Crippen molar-refractivity contribution in [1.82, 2.24) is 15.3 Å². The van der Waals surface area contributed by atoms with Gasteiger partial charge in [-0.05, 0) is 13.0 Å². The van der Waals surface area contributed by atoms with Gasteiger partial charge < -0.3 is 10.3 Å². The van der Waals surface area contributed by atoms with Crippen molar-refractivity contribution in [1.29, 1.82) is 0 Å². The van der Waals surface area contributed by atoms with Gasteiger partial charge in [-0.3, -0.25) is 0 Å². The van der Waals surface area contributed by atoms with E-state index < -0.39 is 0 Å². The number of nitrogens with one attached hydrogen (secondary N) is 2. The van der Waals surface area contributed by atoms with Crippen molar-refractivity contribution in [3.63, 3.8) is 0 Å². The molecule has 0 spiro atoms. The Hall–Kier alpha value is -0.830. The van der Waals surface area contributed by atoms with E-state index in [1.807, 2.05) is 6.20 Å². The van der Waals surface area contributed by atoms with Gasteiger partial charge in [0.05, 0.1) is 6.04 Å². The summed E-state index contributed by atoms with van der Waals surface area (Å²) in [4.78, 5) is 7.37. The second-order valence-electron chi connectivity index (χ2n) is 2.87. The molecule has 3 heteroatoms. The molecule has 0 aromatic carbocycles. The lowest BCUT2D eigenvalue weighted by molar-refractivity contribution is 0.489. The number of aromatic nitrogens is 2. The first-order valence-corrected chi connectivity index (χ1v) is 4.61. The van der Waals surface area contributed by atoms with Crippen LogP contribution in [0.2, 0.25) is 0 Å². The highest BCUT2D eigenvalue weighted by Crippen LogP contribution is 2.13. The standard InChI is InChI=1S/C9H17N3/c1-3-5-8(10-4-2)9-11-6-7-12-9/h6-8,10H,3-5H2,1-2H3,(H,11,12). The van der Waals surface area contributed by atoms with Gasteiger partial charge in [-0.15, -0.1) is 0 Å². The quantitative estimate of drug-likeness (QED) is 0.702. The molecule has 0 bridgehead atoms. The lowest BCUT2D eigenvalue weighted by atomic mass is 10.1. The predicted octanol–water partition coefficient (Wildman–Crippen LogP) is 1.86. The van der Waals surface area contributed by atoms with Crippen LogP contribution in [0.5, 0.6) is 0 Å². The van der Waals surface area contributed by atoms with Crippen molar-refractivity contribution in [2.75, 3.05) is 6.54 Å². The van der Waals surface area contributed by atoms with E-state index in [0.717, 1.165) is 18.8 Å². The third-order valence-corrected chi connectivity index (χ3v) is 1.88.